The van der Waals surface area contributed by atoms with Crippen molar-refractivity contribution in [3.63, 3.8) is 0 Å². The van der Waals surface area contributed by atoms with Gasteiger partial charge in [-0.15, -0.1) is 5.10 Å². The van der Waals surface area contributed by atoms with Gasteiger partial charge in [0.25, 0.3) is 5.91 Å². The fraction of sp³-hybridized carbons (Fsp3) is 0.289. The molecular formula is C45H42N8O5S3. The van der Waals surface area contributed by atoms with Crippen molar-refractivity contribution in [1.82, 2.24) is 15.0 Å². The van der Waals surface area contributed by atoms with Crippen LogP contribution in [0.3, 0.4) is 0 Å². The smallest absolute Gasteiger partial charge is 0.253 e. The highest BCUT2D eigenvalue weighted by molar-refractivity contribution is 8.15. The van der Waals surface area contributed by atoms with Crippen molar-refractivity contribution in [3.05, 3.63) is 121 Å². The number of hydrogen-bond acceptors (Lipinski definition) is 11. The molecule has 13 nitrogen and oxygen atoms in total. The number of amides is 5. The van der Waals surface area contributed by atoms with E-state index in [1.165, 1.54) is 36.4 Å². The van der Waals surface area contributed by atoms with Gasteiger partial charge in [0.05, 0.1) is 35.0 Å². The molecule has 3 saturated heterocycles. The van der Waals surface area contributed by atoms with E-state index in [0.717, 1.165) is 32.1 Å². The van der Waals surface area contributed by atoms with E-state index in [0.29, 0.717) is 40.8 Å². The molecule has 5 amide bonds. The summed E-state index contributed by atoms with van der Waals surface area (Å²) in [5.41, 5.74) is 0.926. The van der Waals surface area contributed by atoms with E-state index in [9.17, 15) is 24.0 Å². The van der Waals surface area contributed by atoms with Crippen molar-refractivity contribution >= 4 is 104 Å². The van der Waals surface area contributed by atoms with Crippen LogP contribution in [0.15, 0.2) is 126 Å². The van der Waals surface area contributed by atoms with Gasteiger partial charge in [-0.2, -0.15) is 5.01 Å². The number of rotatable bonds is 8. The highest BCUT2D eigenvalue weighted by Crippen LogP contribution is 2.45. The molecule has 1 aliphatic carbocycles. The molecule has 4 fully saturated rings. The van der Waals surface area contributed by atoms with Gasteiger partial charge in [-0.25, -0.2) is 5.01 Å². The molecule has 5 aliphatic rings. The summed E-state index contributed by atoms with van der Waals surface area (Å²) in [5.74, 6) is -4.78. The molecule has 1 saturated carbocycles. The van der Waals surface area contributed by atoms with Crippen LogP contribution in [0.1, 0.15) is 44.9 Å². The van der Waals surface area contributed by atoms with E-state index in [4.69, 9.17) is 29.5 Å². The van der Waals surface area contributed by atoms with Gasteiger partial charge in [-0.3, -0.25) is 48.6 Å². The number of nitrogens with zero attached hydrogens (tertiary/aromatic N) is 8. The van der Waals surface area contributed by atoms with Crippen LogP contribution >= 0.6 is 36.2 Å². The third-order valence-electron chi connectivity index (χ3n) is 11.9. The number of hydrogen-bond donors (Lipinski definition) is 0. The van der Waals surface area contributed by atoms with Crippen molar-refractivity contribution in [2.75, 3.05) is 38.4 Å². The first-order valence-electron chi connectivity index (χ1n) is 20.4. The molecule has 0 aromatic heterocycles. The monoisotopic (exact) mass is 870 g/mol. The summed E-state index contributed by atoms with van der Waals surface area (Å²) in [5, 5.41) is 10.7. The molecule has 9 rings (SSSR count). The van der Waals surface area contributed by atoms with E-state index >= 15 is 0 Å². The van der Waals surface area contributed by atoms with E-state index in [2.05, 4.69) is 0 Å². The zero-order chi connectivity index (χ0) is 42.3. The number of amidine groups is 1. The van der Waals surface area contributed by atoms with E-state index in [1.807, 2.05) is 58.5 Å². The average Bonchev–Trinajstić information content (AvgIpc) is 3.63. The fourth-order valence-electron chi connectivity index (χ4n) is 8.96. The third-order valence-corrected chi connectivity index (χ3v) is 13.5. The maximum atomic E-state index is 14.9. The van der Waals surface area contributed by atoms with Crippen LogP contribution in [0.4, 0.5) is 22.7 Å². The topological polar surface area (TPSA) is 120 Å². The summed E-state index contributed by atoms with van der Waals surface area (Å²) in [7, 11) is 0. The van der Waals surface area contributed by atoms with Crippen LogP contribution in [0.2, 0.25) is 0 Å². The first-order valence-corrected chi connectivity index (χ1v) is 22.2. The number of thioether (sulfide) groups is 1. The molecule has 0 bridgehead atoms. The predicted octanol–water partition coefficient (Wildman–Crippen LogP) is 6.77. The van der Waals surface area contributed by atoms with Crippen molar-refractivity contribution in [2.45, 2.75) is 50.6 Å². The molecule has 0 N–H and O–H groups in total. The fourth-order valence-corrected chi connectivity index (χ4v) is 10.6. The summed E-state index contributed by atoms with van der Waals surface area (Å²) in [6, 6.07) is 36.0. The Morgan fingerprint density at radius 2 is 0.885 bits per heavy atom. The number of anilines is 4. The molecule has 61 heavy (non-hydrogen) atoms. The highest BCUT2D eigenvalue weighted by atomic mass is 32.2. The van der Waals surface area contributed by atoms with Gasteiger partial charge >= 0.3 is 0 Å². The van der Waals surface area contributed by atoms with Gasteiger partial charge in [0.15, 0.2) is 10.2 Å². The lowest BCUT2D eigenvalue weighted by atomic mass is 9.87. The van der Waals surface area contributed by atoms with Crippen molar-refractivity contribution in [3.8, 4) is 0 Å². The summed E-state index contributed by atoms with van der Waals surface area (Å²) in [6.45, 7) is -0.351. The zero-order valence-electron chi connectivity index (χ0n) is 33.1. The molecule has 1 spiro atoms. The molecule has 4 aromatic carbocycles. The quantitative estimate of drug-likeness (QED) is 0.139. The Morgan fingerprint density at radius 1 is 0.525 bits per heavy atom. The Kier molecular flexibility index (Phi) is 11.3. The Hall–Kier alpha value is -5.81. The lowest BCUT2D eigenvalue weighted by Crippen LogP contribution is -2.73. The average molecular weight is 871 g/mol. The Balaban J connectivity index is 1.15. The summed E-state index contributed by atoms with van der Waals surface area (Å²) in [4.78, 5) is 79.2. The van der Waals surface area contributed by atoms with Crippen LogP contribution in [-0.2, 0) is 24.0 Å². The van der Waals surface area contributed by atoms with Gasteiger partial charge in [-0.05, 0) is 98.6 Å². The standard InChI is InChI=1S/C45H42N8O5S3/c54-37-30-61-42-46-47(28-35-38(55)49(31-18-8-4-9-19-31)43(59)50(39(35)56)32-20-10-5-11-21-32)45(26-16-2-1-3-17-27-45)48(53(37)42)29-36-40(57)51(33-22-12-6-13-23-33)44(60)52(41(36)58)34-24-14-7-15-25-34/h4-15,18-25,35-36H,1-3,16-17,26-30H2. The maximum absolute atomic E-state index is 14.9. The van der Waals surface area contributed by atoms with Crippen LogP contribution < -0.4 is 19.6 Å². The number of hydrazine groups is 1. The highest BCUT2D eigenvalue weighted by Gasteiger charge is 2.58. The Labute approximate surface area is 368 Å². The molecule has 310 valence electrons. The Bertz CT molecular complexity index is 2290. The SMILES string of the molecule is O=C1C(CN2N=C3SCC(=O)N3N(CC3C(=O)N(c4ccccc4)C(=S)N(c4ccccc4)C3=O)C23CCCCCCC3)C(=O)N(c2ccccc2)C(=S)N1c1ccccc1. The Morgan fingerprint density at radius 3 is 1.28 bits per heavy atom. The van der Waals surface area contributed by atoms with Crippen molar-refractivity contribution in [1.29, 1.82) is 0 Å². The van der Waals surface area contributed by atoms with Gasteiger partial charge in [-0.1, -0.05) is 104 Å². The number of carbonyl (C=O) groups excluding carboxylic acids is 5. The second-order valence-corrected chi connectivity index (χ2v) is 17.2. The van der Waals surface area contributed by atoms with Gasteiger partial charge in [0, 0.05) is 6.54 Å². The minimum atomic E-state index is -1.31. The number of hydrazone groups is 1. The summed E-state index contributed by atoms with van der Waals surface area (Å²) >= 11 is 13.1. The van der Waals surface area contributed by atoms with Crippen LogP contribution in [0, 0.1) is 11.8 Å². The van der Waals surface area contributed by atoms with Crippen molar-refractivity contribution < 1.29 is 24.0 Å². The minimum Gasteiger partial charge on any atom is -0.273 e. The maximum Gasteiger partial charge on any atom is 0.253 e. The predicted molar refractivity (Wildman–Crippen MR) is 243 cm³/mol. The van der Waals surface area contributed by atoms with Crippen molar-refractivity contribution in [2.24, 2.45) is 16.9 Å². The lowest BCUT2D eigenvalue weighted by molar-refractivity contribution is -0.192. The first kappa shape index (κ1) is 40.6. The summed E-state index contributed by atoms with van der Waals surface area (Å²) < 4.78 is 0. The second kappa shape index (κ2) is 16.9. The molecular weight excluding hydrogens is 829 g/mol. The molecule has 4 aliphatic heterocycles. The number of thiocarbonyl (C=S) groups is 2. The molecule has 4 aromatic rings. The molecule has 4 heterocycles. The van der Waals surface area contributed by atoms with Crippen LogP contribution in [-0.4, -0.2) is 84.5 Å². The molecule has 0 radical (unpaired) electrons. The van der Waals surface area contributed by atoms with Gasteiger partial charge in [0.1, 0.15) is 17.5 Å². The van der Waals surface area contributed by atoms with E-state index in [-0.39, 0.29) is 35.0 Å². The number of fused-ring (bicyclic) bond motifs is 1. The largest absolute Gasteiger partial charge is 0.273 e. The number of para-hydroxylation sites is 4. The normalized spacial score (nSPS) is 20.7. The van der Waals surface area contributed by atoms with Gasteiger partial charge < -0.3 is 0 Å². The number of benzene rings is 4. The third kappa shape index (κ3) is 7.20. The first-order chi connectivity index (χ1) is 29.7. The number of carbonyl (C=O) groups is 5. The van der Waals surface area contributed by atoms with Crippen LogP contribution in [0.5, 0.6) is 0 Å². The molecule has 0 atom stereocenters. The van der Waals surface area contributed by atoms with E-state index in [1.54, 1.807) is 72.8 Å². The van der Waals surface area contributed by atoms with E-state index < -0.39 is 41.1 Å². The van der Waals surface area contributed by atoms with Gasteiger partial charge in [0.2, 0.25) is 28.8 Å². The lowest BCUT2D eigenvalue weighted by Gasteiger charge is -2.57. The second-order valence-electron chi connectivity index (χ2n) is 15.5. The zero-order valence-corrected chi connectivity index (χ0v) is 35.6. The minimum absolute atomic E-state index is 0.0258. The van der Waals surface area contributed by atoms with Crippen LogP contribution in [0.25, 0.3) is 0 Å². The molecule has 0 unspecified atom stereocenters. The molecule has 16 heteroatoms. The summed E-state index contributed by atoms with van der Waals surface area (Å²) in [6.07, 6.45) is 5.26.